The number of rotatable bonds is 4. The van der Waals surface area contributed by atoms with E-state index in [1.165, 1.54) is 12.1 Å². The maximum Gasteiger partial charge on any atom is 0.305 e. The number of fused-ring (bicyclic) bond motifs is 1. The molecular weight excluding hydrogens is 398 g/mol. The van der Waals surface area contributed by atoms with E-state index in [-0.39, 0.29) is 17.9 Å². The van der Waals surface area contributed by atoms with Crippen molar-refractivity contribution in [3.8, 4) is 5.75 Å². The molecule has 0 aromatic heterocycles. The van der Waals surface area contributed by atoms with Crippen molar-refractivity contribution in [3.63, 3.8) is 0 Å². The number of halogens is 1. The van der Waals surface area contributed by atoms with E-state index in [1.54, 1.807) is 36.4 Å². The molecule has 2 aromatic rings. The average Bonchev–Trinajstić information content (AvgIpc) is 2.54. The van der Waals surface area contributed by atoms with Gasteiger partial charge in [-0.3, -0.25) is 9.10 Å². The predicted molar refractivity (Wildman–Crippen MR) is 91.8 cm³/mol. The Bertz CT molecular complexity index is 866. The Balaban J connectivity index is 2.12. The SMILES string of the molecule is O=C(O)C[C@H]1COc2ccccc2N1S(=O)(=O)c1ccc(Br)cc1. The van der Waals surface area contributed by atoms with Crippen LogP contribution in [0.2, 0.25) is 0 Å². The van der Waals surface area contributed by atoms with Crippen molar-refractivity contribution in [1.29, 1.82) is 0 Å². The predicted octanol–water partition coefficient (Wildman–Crippen LogP) is 2.88. The van der Waals surface area contributed by atoms with Crippen molar-refractivity contribution in [1.82, 2.24) is 0 Å². The van der Waals surface area contributed by atoms with E-state index in [0.29, 0.717) is 11.4 Å². The molecule has 1 heterocycles. The van der Waals surface area contributed by atoms with E-state index in [9.17, 15) is 13.2 Å². The van der Waals surface area contributed by atoms with Gasteiger partial charge in [-0.15, -0.1) is 0 Å². The van der Waals surface area contributed by atoms with Gasteiger partial charge < -0.3 is 9.84 Å². The Morgan fingerprint density at radius 3 is 2.54 bits per heavy atom. The number of carbonyl (C=O) groups is 1. The highest BCUT2D eigenvalue weighted by Crippen LogP contribution is 2.38. The van der Waals surface area contributed by atoms with E-state index < -0.39 is 22.0 Å². The molecule has 1 atom stereocenters. The molecule has 2 aromatic carbocycles. The molecule has 1 aliphatic heterocycles. The van der Waals surface area contributed by atoms with Crippen LogP contribution >= 0.6 is 15.9 Å². The monoisotopic (exact) mass is 411 g/mol. The number of hydrogen-bond donors (Lipinski definition) is 1. The molecule has 0 radical (unpaired) electrons. The summed E-state index contributed by atoms with van der Waals surface area (Å²) >= 11 is 3.27. The van der Waals surface area contributed by atoms with Crippen molar-refractivity contribution in [2.45, 2.75) is 17.4 Å². The number of nitrogens with zero attached hydrogens (tertiary/aromatic N) is 1. The van der Waals surface area contributed by atoms with Gasteiger partial charge in [0.1, 0.15) is 12.4 Å². The highest BCUT2D eigenvalue weighted by Gasteiger charge is 2.38. The quantitative estimate of drug-likeness (QED) is 0.835. The highest BCUT2D eigenvalue weighted by atomic mass is 79.9. The maximum atomic E-state index is 13.1. The van der Waals surface area contributed by atoms with E-state index in [4.69, 9.17) is 9.84 Å². The van der Waals surface area contributed by atoms with Gasteiger partial charge >= 0.3 is 5.97 Å². The normalized spacial score (nSPS) is 17.0. The molecule has 0 saturated heterocycles. The van der Waals surface area contributed by atoms with Gasteiger partial charge in [0.05, 0.1) is 23.0 Å². The summed E-state index contributed by atoms with van der Waals surface area (Å²) in [4.78, 5) is 11.2. The summed E-state index contributed by atoms with van der Waals surface area (Å²) in [5.41, 5.74) is 0.345. The molecule has 0 unspecified atom stereocenters. The Hall–Kier alpha value is -2.06. The third-order valence-corrected chi connectivity index (χ3v) is 6.06. The third-order valence-electron chi connectivity index (χ3n) is 3.65. The lowest BCUT2D eigenvalue weighted by Crippen LogP contribution is -2.47. The molecule has 0 spiro atoms. The van der Waals surface area contributed by atoms with Crippen LogP contribution in [0.1, 0.15) is 6.42 Å². The van der Waals surface area contributed by atoms with Gasteiger partial charge in [-0.25, -0.2) is 8.42 Å². The van der Waals surface area contributed by atoms with Crippen LogP contribution in [-0.2, 0) is 14.8 Å². The molecule has 126 valence electrons. The van der Waals surface area contributed by atoms with Gasteiger partial charge in [-0.05, 0) is 36.4 Å². The molecule has 6 nitrogen and oxygen atoms in total. The minimum absolute atomic E-state index is 0.0148. The molecule has 1 N–H and O–H groups in total. The Labute approximate surface area is 147 Å². The van der Waals surface area contributed by atoms with Crippen LogP contribution in [0.15, 0.2) is 57.9 Å². The van der Waals surface area contributed by atoms with Crippen LogP contribution in [0.3, 0.4) is 0 Å². The molecule has 0 bridgehead atoms. The smallest absolute Gasteiger partial charge is 0.305 e. The lowest BCUT2D eigenvalue weighted by atomic mass is 10.1. The molecular formula is C16H14BrNO5S. The van der Waals surface area contributed by atoms with E-state index in [1.807, 2.05) is 0 Å². The second kappa shape index (κ2) is 6.45. The summed E-state index contributed by atoms with van der Waals surface area (Å²) in [5, 5.41) is 9.12. The second-order valence-corrected chi connectivity index (χ2v) is 8.02. The summed E-state index contributed by atoms with van der Waals surface area (Å²) in [7, 11) is -3.92. The van der Waals surface area contributed by atoms with Crippen LogP contribution in [0, 0.1) is 0 Å². The number of carboxylic acids is 1. The topological polar surface area (TPSA) is 83.9 Å². The maximum absolute atomic E-state index is 13.1. The molecule has 0 aliphatic carbocycles. The zero-order chi connectivity index (χ0) is 17.3. The first kappa shape index (κ1) is 16.8. The molecule has 0 saturated carbocycles. The number of carboxylic acid groups (broad SMARTS) is 1. The molecule has 0 fully saturated rings. The number of hydrogen-bond acceptors (Lipinski definition) is 4. The fraction of sp³-hybridized carbons (Fsp3) is 0.188. The summed E-state index contributed by atoms with van der Waals surface area (Å²) in [6.45, 7) is -0.0148. The summed E-state index contributed by atoms with van der Waals surface area (Å²) in [6.07, 6.45) is -0.343. The summed E-state index contributed by atoms with van der Waals surface area (Å²) < 4.78 is 33.7. The van der Waals surface area contributed by atoms with Crippen molar-refractivity contribution in [2.24, 2.45) is 0 Å². The Morgan fingerprint density at radius 2 is 1.88 bits per heavy atom. The third kappa shape index (κ3) is 3.11. The fourth-order valence-electron chi connectivity index (χ4n) is 2.60. The van der Waals surface area contributed by atoms with Gasteiger partial charge in [0.15, 0.2) is 0 Å². The molecule has 1 aliphatic rings. The zero-order valence-electron chi connectivity index (χ0n) is 12.4. The van der Waals surface area contributed by atoms with Gasteiger partial charge in [0.2, 0.25) is 0 Å². The van der Waals surface area contributed by atoms with E-state index in [0.717, 1.165) is 8.78 Å². The van der Waals surface area contributed by atoms with Gasteiger partial charge in [0.25, 0.3) is 10.0 Å². The largest absolute Gasteiger partial charge is 0.489 e. The van der Waals surface area contributed by atoms with Gasteiger partial charge in [-0.2, -0.15) is 0 Å². The second-order valence-electron chi connectivity index (χ2n) is 5.29. The first-order valence-electron chi connectivity index (χ1n) is 7.13. The van der Waals surface area contributed by atoms with Crippen LogP contribution in [-0.4, -0.2) is 32.1 Å². The minimum Gasteiger partial charge on any atom is -0.489 e. The number of sulfonamides is 1. The molecule has 0 amide bonds. The molecule has 24 heavy (non-hydrogen) atoms. The van der Waals surface area contributed by atoms with Crippen molar-refractivity contribution < 1.29 is 23.1 Å². The van der Waals surface area contributed by atoms with Gasteiger partial charge in [0, 0.05) is 4.47 Å². The first-order chi connectivity index (χ1) is 11.4. The van der Waals surface area contributed by atoms with Crippen LogP contribution in [0.4, 0.5) is 5.69 Å². The first-order valence-corrected chi connectivity index (χ1v) is 9.36. The Kier molecular flexibility index (Phi) is 4.51. The van der Waals surface area contributed by atoms with Crippen LogP contribution < -0.4 is 9.04 Å². The summed E-state index contributed by atoms with van der Waals surface area (Å²) in [5.74, 6) is -0.668. The average molecular weight is 412 g/mol. The number of aliphatic carboxylic acids is 1. The molecule has 3 rings (SSSR count). The van der Waals surface area contributed by atoms with Crippen molar-refractivity contribution in [2.75, 3.05) is 10.9 Å². The molecule has 8 heteroatoms. The minimum atomic E-state index is -3.92. The van der Waals surface area contributed by atoms with E-state index >= 15 is 0 Å². The number of para-hydroxylation sites is 2. The lowest BCUT2D eigenvalue weighted by molar-refractivity contribution is -0.137. The van der Waals surface area contributed by atoms with Gasteiger partial charge in [-0.1, -0.05) is 28.1 Å². The zero-order valence-corrected chi connectivity index (χ0v) is 14.8. The Morgan fingerprint density at radius 1 is 1.21 bits per heavy atom. The van der Waals surface area contributed by atoms with Crippen molar-refractivity contribution in [3.05, 3.63) is 53.0 Å². The standard InChI is InChI=1S/C16H14BrNO5S/c17-11-5-7-13(8-6-11)24(21,22)18-12(9-16(19)20)10-23-15-4-2-1-3-14(15)18/h1-8,12H,9-10H2,(H,19,20)/t12-/m0/s1. The number of ether oxygens (including phenoxy) is 1. The van der Waals surface area contributed by atoms with Crippen molar-refractivity contribution >= 4 is 37.6 Å². The lowest BCUT2D eigenvalue weighted by Gasteiger charge is -2.36. The number of benzene rings is 2. The fourth-order valence-corrected chi connectivity index (χ4v) is 4.51. The summed E-state index contributed by atoms with van der Waals surface area (Å²) in [6, 6.07) is 12.1. The van der Waals surface area contributed by atoms with Crippen LogP contribution in [0.5, 0.6) is 5.75 Å². The highest BCUT2D eigenvalue weighted by molar-refractivity contribution is 9.10. The van der Waals surface area contributed by atoms with E-state index in [2.05, 4.69) is 15.9 Å². The van der Waals surface area contributed by atoms with Crippen LogP contribution in [0.25, 0.3) is 0 Å². The number of anilines is 1.